The first-order chi connectivity index (χ1) is 11.5. The van der Waals surface area contributed by atoms with Gasteiger partial charge in [0, 0.05) is 22.7 Å². The summed E-state index contributed by atoms with van der Waals surface area (Å²) >= 11 is 0. The molecule has 0 aliphatic rings. The Balaban J connectivity index is 2.06. The van der Waals surface area contributed by atoms with E-state index in [1.165, 1.54) is 0 Å². The van der Waals surface area contributed by atoms with E-state index in [4.69, 9.17) is 0 Å². The summed E-state index contributed by atoms with van der Waals surface area (Å²) < 4.78 is 0. The molecular weight excluding hydrogens is 300 g/mol. The van der Waals surface area contributed by atoms with Crippen LogP contribution in [-0.2, 0) is 0 Å². The van der Waals surface area contributed by atoms with E-state index in [9.17, 15) is 15.2 Å². The first kappa shape index (κ1) is 15.6. The Hall–Kier alpha value is -3.32. The second-order valence-corrected chi connectivity index (χ2v) is 5.75. The second kappa shape index (κ2) is 6.05. The van der Waals surface area contributed by atoms with Gasteiger partial charge in [0.15, 0.2) is 0 Å². The predicted molar refractivity (Wildman–Crippen MR) is 93.8 cm³/mol. The van der Waals surface area contributed by atoms with Crippen molar-refractivity contribution >= 4 is 22.8 Å². The van der Waals surface area contributed by atoms with Crippen molar-refractivity contribution in [3.8, 4) is 11.8 Å². The van der Waals surface area contributed by atoms with Gasteiger partial charge >= 0.3 is 0 Å². The molecule has 4 nitrogen and oxygen atoms in total. The molecule has 0 unspecified atom stereocenters. The molecule has 0 atom stereocenters. The van der Waals surface area contributed by atoms with Crippen molar-refractivity contribution < 1.29 is 9.90 Å². The molecule has 3 rings (SSSR count). The molecule has 1 heterocycles. The lowest BCUT2D eigenvalue weighted by Crippen LogP contribution is -2.01. The maximum Gasteiger partial charge on any atom is 0.205 e. The molecule has 0 aliphatic carbocycles. The summed E-state index contributed by atoms with van der Waals surface area (Å²) in [6, 6.07) is 13.0. The summed E-state index contributed by atoms with van der Waals surface area (Å²) in [4.78, 5) is 15.8. The SMILES string of the molecule is Cc1cc(/C=C(\C#N)C(=O)c2c[nH]c3ccccc23)cc(C)c1O. The molecule has 118 valence electrons. The minimum absolute atomic E-state index is 0.0595. The number of allylic oxidation sites excluding steroid dienone is 1. The zero-order valence-electron chi connectivity index (χ0n) is 13.4. The number of nitrogens with zero attached hydrogens (tertiary/aromatic N) is 1. The number of carbonyl (C=O) groups is 1. The molecule has 0 fully saturated rings. The molecule has 3 aromatic rings. The molecule has 0 amide bonds. The molecule has 0 radical (unpaired) electrons. The predicted octanol–water partition coefficient (Wildman–Crippen LogP) is 4.28. The fourth-order valence-corrected chi connectivity index (χ4v) is 2.79. The maximum absolute atomic E-state index is 12.7. The average Bonchev–Trinajstić information content (AvgIpc) is 3.01. The Morgan fingerprint density at radius 1 is 1.21 bits per heavy atom. The van der Waals surface area contributed by atoms with Gasteiger partial charge in [-0.1, -0.05) is 18.2 Å². The van der Waals surface area contributed by atoms with Crippen LogP contribution in [0, 0.1) is 25.2 Å². The number of hydrogen-bond donors (Lipinski definition) is 2. The second-order valence-electron chi connectivity index (χ2n) is 5.75. The van der Waals surface area contributed by atoms with Gasteiger partial charge in [-0.05, 0) is 54.8 Å². The summed E-state index contributed by atoms with van der Waals surface area (Å²) in [6.45, 7) is 3.57. The lowest BCUT2D eigenvalue weighted by Gasteiger charge is -2.05. The van der Waals surface area contributed by atoms with E-state index in [0.717, 1.165) is 10.9 Å². The number of phenols is 1. The van der Waals surface area contributed by atoms with E-state index < -0.39 is 0 Å². The van der Waals surface area contributed by atoms with Crippen LogP contribution in [0.1, 0.15) is 27.0 Å². The highest BCUT2D eigenvalue weighted by Crippen LogP contribution is 2.25. The van der Waals surface area contributed by atoms with Crippen LogP contribution < -0.4 is 0 Å². The zero-order chi connectivity index (χ0) is 17.3. The number of para-hydroxylation sites is 1. The molecule has 0 aliphatic heterocycles. The van der Waals surface area contributed by atoms with Crippen molar-refractivity contribution in [2.45, 2.75) is 13.8 Å². The highest BCUT2D eigenvalue weighted by atomic mass is 16.3. The minimum Gasteiger partial charge on any atom is -0.507 e. The number of carbonyl (C=O) groups excluding carboxylic acids is 1. The molecule has 4 heteroatoms. The first-order valence-electron chi connectivity index (χ1n) is 7.54. The number of aromatic amines is 1. The van der Waals surface area contributed by atoms with Crippen molar-refractivity contribution in [2.75, 3.05) is 0 Å². The first-order valence-corrected chi connectivity index (χ1v) is 7.54. The number of hydrogen-bond acceptors (Lipinski definition) is 3. The summed E-state index contributed by atoms with van der Waals surface area (Å²) in [5.41, 5.74) is 3.52. The van der Waals surface area contributed by atoms with E-state index in [2.05, 4.69) is 4.98 Å². The number of phenolic OH excluding ortho intramolecular Hbond substituents is 1. The lowest BCUT2D eigenvalue weighted by molar-refractivity contribution is 0.104. The van der Waals surface area contributed by atoms with Crippen molar-refractivity contribution in [2.24, 2.45) is 0 Å². The molecule has 0 bridgehead atoms. The molecule has 2 aromatic carbocycles. The Bertz CT molecular complexity index is 997. The number of H-pyrrole nitrogens is 1. The third-order valence-electron chi connectivity index (χ3n) is 4.02. The van der Waals surface area contributed by atoms with Crippen LogP contribution in [0.2, 0.25) is 0 Å². The number of aromatic hydroxyl groups is 1. The van der Waals surface area contributed by atoms with E-state index in [0.29, 0.717) is 22.3 Å². The monoisotopic (exact) mass is 316 g/mol. The summed E-state index contributed by atoms with van der Waals surface area (Å²) in [6.07, 6.45) is 3.19. The van der Waals surface area contributed by atoms with Crippen molar-refractivity contribution in [3.05, 3.63) is 70.4 Å². The number of aromatic nitrogens is 1. The Labute approximate surface area is 139 Å². The molecule has 2 N–H and O–H groups in total. The van der Waals surface area contributed by atoms with Gasteiger partial charge in [-0.2, -0.15) is 5.26 Å². The highest BCUT2D eigenvalue weighted by Gasteiger charge is 2.16. The Morgan fingerprint density at radius 2 is 1.88 bits per heavy atom. The fraction of sp³-hybridized carbons (Fsp3) is 0.100. The zero-order valence-corrected chi connectivity index (χ0v) is 13.4. The van der Waals surface area contributed by atoms with Crippen LogP contribution in [0.3, 0.4) is 0 Å². The highest BCUT2D eigenvalue weighted by molar-refractivity contribution is 6.19. The summed E-state index contributed by atoms with van der Waals surface area (Å²) in [5.74, 6) is -0.0908. The van der Waals surface area contributed by atoms with Crippen LogP contribution in [0.25, 0.3) is 17.0 Å². The topological polar surface area (TPSA) is 76.9 Å². The number of rotatable bonds is 3. The number of ketones is 1. The van der Waals surface area contributed by atoms with Gasteiger partial charge in [-0.25, -0.2) is 0 Å². The van der Waals surface area contributed by atoms with Gasteiger partial charge < -0.3 is 10.1 Å². The van der Waals surface area contributed by atoms with Gasteiger partial charge in [-0.15, -0.1) is 0 Å². The number of nitriles is 1. The van der Waals surface area contributed by atoms with Gasteiger partial charge in [-0.3, -0.25) is 4.79 Å². The quantitative estimate of drug-likeness (QED) is 0.430. The lowest BCUT2D eigenvalue weighted by atomic mass is 9.99. The van der Waals surface area contributed by atoms with Crippen molar-refractivity contribution in [3.63, 3.8) is 0 Å². The van der Waals surface area contributed by atoms with Crippen LogP contribution >= 0.6 is 0 Å². The van der Waals surface area contributed by atoms with Gasteiger partial charge in [0.25, 0.3) is 0 Å². The molecule has 24 heavy (non-hydrogen) atoms. The third kappa shape index (κ3) is 2.68. The van der Waals surface area contributed by atoms with E-state index in [1.54, 1.807) is 38.3 Å². The summed E-state index contributed by atoms with van der Waals surface area (Å²) in [7, 11) is 0. The van der Waals surface area contributed by atoms with Gasteiger partial charge in [0.1, 0.15) is 17.4 Å². The maximum atomic E-state index is 12.7. The third-order valence-corrected chi connectivity index (χ3v) is 4.02. The largest absolute Gasteiger partial charge is 0.507 e. The molecule has 0 saturated heterocycles. The van der Waals surface area contributed by atoms with Crippen LogP contribution in [0.5, 0.6) is 5.75 Å². The number of fused-ring (bicyclic) bond motifs is 1. The van der Waals surface area contributed by atoms with Crippen LogP contribution in [0.15, 0.2) is 48.2 Å². The molecule has 0 spiro atoms. The Morgan fingerprint density at radius 3 is 2.54 bits per heavy atom. The number of nitrogens with one attached hydrogen (secondary N) is 1. The Kier molecular flexibility index (Phi) is 3.93. The smallest absolute Gasteiger partial charge is 0.205 e. The van der Waals surface area contributed by atoms with Crippen LogP contribution in [-0.4, -0.2) is 15.9 Å². The molecule has 0 saturated carbocycles. The number of aryl methyl sites for hydroxylation is 2. The van der Waals surface area contributed by atoms with Gasteiger partial charge in [0.05, 0.1) is 0 Å². The summed E-state index contributed by atoms with van der Waals surface area (Å²) in [5, 5.41) is 20.1. The van der Waals surface area contributed by atoms with Crippen molar-refractivity contribution in [1.82, 2.24) is 4.98 Å². The van der Waals surface area contributed by atoms with Gasteiger partial charge in [0.2, 0.25) is 5.78 Å². The molecular formula is C20H16N2O2. The normalized spacial score (nSPS) is 11.5. The average molecular weight is 316 g/mol. The fourth-order valence-electron chi connectivity index (χ4n) is 2.79. The molecule has 1 aromatic heterocycles. The number of Topliss-reactive ketones (excluding diaryl/α,β-unsaturated/α-hetero) is 1. The van der Waals surface area contributed by atoms with Crippen LogP contribution in [0.4, 0.5) is 0 Å². The minimum atomic E-state index is -0.321. The van der Waals surface area contributed by atoms with E-state index in [1.807, 2.05) is 30.3 Å². The number of benzene rings is 2. The van der Waals surface area contributed by atoms with E-state index >= 15 is 0 Å². The van der Waals surface area contributed by atoms with E-state index in [-0.39, 0.29) is 17.1 Å². The standard InChI is InChI=1S/C20H16N2O2/c1-12-7-14(8-13(2)19(12)23)9-15(10-21)20(24)17-11-22-18-6-4-3-5-16(17)18/h3-9,11,22-23H,1-2H3/b15-9+. The van der Waals surface area contributed by atoms with Crippen molar-refractivity contribution in [1.29, 1.82) is 5.26 Å².